The zero-order chi connectivity index (χ0) is 45.9. The minimum Gasteiger partial charge on any atom is -0.336 e. The molecule has 0 saturated carbocycles. The van der Waals surface area contributed by atoms with Crippen molar-refractivity contribution in [3.8, 4) is 11.1 Å². The highest BCUT2D eigenvalue weighted by atomic mass is 32.2. The Morgan fingerprint density at radius 1 is 0.754 bits per heavy atom. The van der Waals surface area contributed by atoms with E-state index in [4.69, 9.17) is 110 Å². The molecule has 1 aromatic heterocycles. The first-order valence-corrected chi connectivity index (χ1v) is 19.2. The van der Waals surface area contributed by atoms with E-state index in [2.05, 4.69) is 4.98 Å². The number of aromatic nitrogens is 2. The predicted octanol–water partition coefficient (Wildman–Crippen LogP) is -5.50. The zero-order valence-electron chi connectivity index (χ0n) is 33.4. The number of alkyl halides is 3. The maximum absolute atomic E-state index is 14.7. The van der Waals surface area contributed by atoms with Gasteiger partial charge in [-0.15, -0.1) is 0 Å². The van der Waals surface area contributed by atoms with Crippen LogP contribution < -0.4 is 49.3 Å². The van der Waals surface area contributed by atoms with Crippen LogP contribution in [0.1, 0.15) is 48.2 Å². The van der Waals surface area contributed by atoms with Gasteiger partial charge in [-0.25, -0.2) is 4.39 Å². The summed E-state index contributed by atoms with van der Waals surface area (Å²) in [6.45, 7) is 1.67. The van der Waals surface area contributed by atoms with E-state index in [1.54, 1.807) is 0 Å². The molecule has 5 rings (SSSR count). The molecule has 0 fully saturated rings. The Bertz CT molecular complexity index is 2370. The summed E-state index contributed by atoms with van der Waals surface area (Å²) in [5, 5.41) is -3.22. The van der Waals surface area contributed by atoms with E-state index in [0.717, 1.165) is 11.8 Å². The normalized spacial score (nSPS) is 13.4. The molecule has 0 bridgehead atoms. The highest BCUT2D eigenvalue weighted by Crippen LogP contribution is 2.37. The molecule has 0 atom stereocenters. The molecule has 276 valence electrons. The summed E-state index contributed by atoms with van der Waals surface area (Å²) >= 11 is 0.775. The van der Waals surface area contributed by atoms with Gasteiger partial charge in [-0.3, -0.25) is 9.59 Å². The second-order valence-electron chi connectivity index (χ2n) is 15.3. The standard InChI is InChI=1S/C36H24B14F4N4O2S/c1-33(45,46)58(34(2,47)48)11-10-56(12-17-23(37)25(39)20(26(40)24(17)38)21-27(41)29(43)22(36(52,53)54)30(44)28(21)42)19(59)13-57-18-5-3-4-16(18)31(60)55-32(57)61-35(49,50)14-6-8-15(51)9-7-14/h6-9H,3-5,10-13H2,1-2H3. The van der Waals surface area contributed by atoms with Gasteiger partial charge in [-0.05, 0) is 58.2 Å². The molecule has 61 heavy (non-hydrogen) atoms. The van der Waals surface area contributed by atoms with Gasteiger partial charge in [0.25, 0.3) is 5.56 Å². The molecule has 4 aromatic rings. The van der Waals surface area contributed by atoms with Gasteiger partial charge in [0.1, 0.15) is 75.1 Å². The Labute approximate surface area is 376 Å². The molecular formula is C36H24B14F4N4O2S. The lowest BCUT2D eigenvalue weighted by atomic mass is 9.54. The van der Waals surface area contributed by atoms with Crippen molar-refractivity contribution in [2.75, 3.05) is 13.1 Å². The van der Waals surface area contributed by atoms with E-state index < -0.39 is 79.2 Å². The van der Waals surface area contributed by atoms with Crippen LogP contribution >= 0.6 is 11.8 Å². The lowest BCUT2D eigenvalue weighted by Gasteiger charge is -2.48. The number of thioether (sulfide) groups is 1. The third kappa shape index (κ3) is 10.0. The smallest absolute Gasteiger partial charge is 0.336 e. The van der Waals surface area contributed by atoms with Crippen LogP contribution in [0.3, 0.4) is 0 Å². The summed E-state index contributed by atoms with van der Waals surface area (Å²) < 4.78 is 55.3. The number of rotatable bonds is 13. The van der Waals surface area contributed by atoms with Crippen LogP contribution in [0.25, 0.3) is 11.1 Å². The number of hydrogen-bond donors (Lipinski definition) is 0. The molecule has 0 spiro atoms. The van der Waals surface area contributed by atoms with Gasteiger partial charge in [0, 0.05) is 36.5 Å². The van der Waals surface area contributed by atoms with Gasteiger partial charge in [-0.2, -0.15) is 18.2 Å². The van der Waals surface area contributed by atoms with Crippen molar-refractivity contribution in [3.05, 3.63) is 68.4 Å². The Kier molecular flexibility index (Phi) is 14.3. The van der Waals surface area contributed by atoms with Crippen LogP contribution in [0, 0.1) is 5.82 Å². The minimum absolute atomic E-state index is 0.00673. The molecule has 1 aliphatic carbocycles. The number of carbonyl (C=O) groups excluding carboxylic acids is 1. The number of carbonyl (C=O) groups is 1. The molecule has 1 heterocycles. The Hall–Kier alpha value is -3.05. The molecule has 0 N–H and O–H groups in total. The van der Waals surface area contributed by atoms with E-state index in [9.17, 15) is 27.2 Å². The Balaban J connectivity index is 1.64. The van der Waals surface area contributed by atoms with Crippen LogP contribution in [0.15, 0.2) is 34.2 Å². The fourth-order valence-electron chi connectivity index (χ4n) is 7.42. The maximum Gasteiger partial charge on any atom is 0.415 e. The molecule has 1 aliphatic rings. The third-order valence-corrected chi connectivity index (χ3v) is 11.5. The van der Waals surface area contributed by atoms with Gasteiger partial charge >= 0.3 is 6.18 Å². The largest absolute Gasteiger partial charge is 0.415 e. The van der Waals surface area contributed by atoms with E-state index >= 15 is 0 Å². The molecule has 25 heteroatoms. The second-order valence-corrected chi connectivity index (χ2v) is 16.5. The summed E-state index contributed by atoms with van der Waals surface area (Å²) in [6, 6.07) is 5.09. The highest BCUT2D eigenvalue weighted by Gasteiger charge is 2.36. The summed E-state index contributed by atoms with van der Waals surface area (Å²) in [4.78, 5) is 34.8. The van der Waals surface area contributed by atoms with Crippen molar-refractivity contribution in [3.63, 3.8) is 0 Å². The van der Waals surface area contributed by atoms with Gasteiger partial charge in [-0.1, -0.05) is 92.1 Å². The molecule has 1 amide bonds. The molecule has 3 aromatic carbocycles. The monoisotopic (exact) mass is 806 g/mol. The van der Waals surface area contributed by atoms with Gasteiger partial charge in [0.15, 0.2) is 5.16 Å². The van der Waals surface area contributed by atoms with Crippen LogP contribution in [0.2, 0.25) is 0 Å². The van der Waals surface area contributed by atoms with Crippen molar-refractivity contribution in [1.82, 2.24) is 19.4 Å². The summed E-state index contributed by atoms with van der Waals surface area (Å²) in [6.07, 6.45) is -3.64. The van der Waals surface area contributed by atoms with Crippen molar-refractivity contribution in [2.24, 2.45) is 0 Å². The Morgan fingerprint density at radius 3 is 1.72 bits per heavy atom. The number of halogens is 4. The number of benzene rings is 3. The Morgan fingerprint density at radius 2 is 1.25 bits per heavy atom. The average Bonchev–Trinajstić information content (AvgIpc) is 3.63. The first kappa shape index (κ1) is 49.0. The second kappa shape index (κ2) is 17.8. The van der Waals surface area contributed by atoms with Crippen molar-refractivity contribution in [1.29, 1.82) is 0 Å². The maximum atomic E-state index is 14.7. The first-order chi connectivity index (χ1) is 28.0. The van der Waals surface area contributed by atoms with E-state index in [-0.39, 0.29) is 56.8 Å². The van der Waals surface area contributed by atoms with Gasteiger partial charge in [0.2, 0.25) is 5.91 Å². The summed E-state index contributed by atoms with van der Waals surface area (Å²) in [5.74, 6) is -1.15. The molecule has 0 saturated heterocycles. The minimum atomic E-state index is -5.03. The highest BCUT2D eigenvalue weighted by molar-refractivity contribution is 8.02. The van der Waals surface area contributed by atoms with Crippen LogP contribution in [0.5, 0.6) is 0 Å². The number of fused-ring (bicyclic) bond motifs is 1. The topological polar surface area (TPSA) is 58.4 Å². The quantitative estimate of drug-likeness (QED) is 0.0586. The van der Waals surface area contributed by atoms with Crippen molar-refractivity contribution >= 4 is 171 Å². The third-order valence-electron chi connectivity index (χ3n) is 10.5. The molecule has 28 radical (unpaired) electrons. The fourth-order valence-corrected chi connectivity index (χ4v) is 8.38. The predicted molar refractivity (Wildman–Crippen MR) is 248 cm³/mol. The first-order valence-electron chi connectivity index (χ1n) is 18.4. The molecule has 0 aliphatic heterocycles. The van der Waals surface area contributed by atoms with Crippen LogP contribution in [-0.2, 0) is 41.4 Å². The summed E-state index contributed by atoms with van der Waals surface area (Å²) in [7, 11) is 88.0. The average molecular weight is 804 g/mol. The lowest BCUT2D eigenvalue weighted by molar-refractivity contribution is -0.136. The summed E-state index contributed by atoms with van der Waals surface area (Å²) in [5.41, 5.74) is -5.69. The van der Waals surface area contributed by atoms with Crippen molar-refractivity contribution in [2.45, 2.75) is 72.8 Å². The van der Waals surface area contributed by atoms with E-state index in [1.165, 1.54) is 52.5 Å². The molecule has 6 nitrogen and oxygen atoms in total. The van der Waals surface area contributed by atoms with Gasteiger partial charge in [0.05, 0.1) is 47.1 Å². The van der Waals surface area contributed by atoms with Crippen LogP contribution in [0.4, 0.5) is 17.6 Å². The molecular weight excluding hydrogens is 780 g/mol. The number of hydrogen-bond acceptors (Lipinski definition) is 5. The number of nitrogens with zero attached hydrogens (tertiary/aromatic N) is 4. The zero-order valence-corrected chi connectivity index (χ0v) is 34.2. The molecule has 0 unspecified atom stereocenters. The van der Waals surface area contributed by atoms with E-state index in [1.807, 2.05) is 0 Å². The fraction of sp³-hybridized carbons (Fsp3) is 0.361. The van der Waals surface area contributed by atoms with Gasteiger partial charge < -0.3 is 14.4 Å². The van der Waals surface area contributed by atoms with E-state index in [0.29, 0.717) is 36.1 Å². The van der Waals surface area contributed by atoms with Crippen LogP contribution in [-0.4, -0.2) is 159 Å². The number of amides is 1. The SMILES string of the molecule is [B]c1c([B])c(-c2c([B])c([B])c(C(F)(F)F)c([B])c2[B])c([B])c([B])c1CN(CCN(C([B])([B])C)C([B])([B])C)C(=O)Cn1c(SC([B])([B])c2ccc(F)cc2)nc(=O)c2c1CCC2. The van der Waals surface area contributed by atoms with Crippen molar-refractivity contribution < 1.29 is 22.4 Å². The lowest BCUT2D eigenvalue weighted by Crippen LogP contribution is -2.62.